The van der Waals surface area contributed by atoms with Crippen LogP contribution in [-0.2, 0) is 0 Å². The van der Waals surface area contributed by atoms with E-state index in [2.05, 4.69) is 35.6 Å². The van der Waals surface area contributed by atoms with Crippen LogP contribution in [0.4, 0.5) is 5.69 Å². The number of carbonyl (C=O) groups is 1. The zero-order chi connectivity index (χ0) is 16.1. The van der Waals surface area contributed by atoms with E-state index >= 15 is 0 Å². The van der Waals surface area contributed by atoms with E-state index in [1.807, 2.05) is 24.3 Å². The van der Waals surface area contributed by atoms with Crippen LogP contribution in [0.15, 0.2) is 54.6 Å². The lowest BCUT2D eigenvalue weighted by Gasteiger charge is -2.30. The number of nitrogens with two attached hydrogens (primary N) is 1. The fourth-order valence-electron chi connectivity index (χ4n) is 3.57. The first kappa shape index (κ1) is 15.6. The standard InChI is InChI=1S/C20H24N2O/c21-20(23)19-9-5-4-8-18(19)16-12-10-15(11-13-16)14-22-17-6-2-1-3-7-17/h1-9,15-16,22H,10-14H2,(H2,21,23). The zero-order valence-corrected chi connectivity index (χ0v) is 13.4. The van der Waals surface area contributed by atoms with Crippen LogP contribution in [0.2, 0.25) is 0 Å². The van der Waals surface area contributed by atoms with Gasteiger partial charge in [0.1, 0.15) is 0 Å². The fourth-order valence-corrected chi connectivity index (χ4v) is 3.57. The van der Waals surface area contributed by atoms with Gasteiger partial charge >= 0.3 is 0 Å². The van der Waals surface area contributed by atoms with Crippen LogP contribution in [-0.4, -0.2) is 12.5 Å². The lowest BCUT2D eigenvalue weighted by Crippen LogP contribution is -2.22. The lowest BCUT2D eigenvalue weighted by atomic mass is 9.77. The number of rotatable bonds is 5. The van der Waals surface area contributed by atoms with Gasteiger partial charge in [-0.15, -0.1) is 0 Å². The Balaban J connectivity index is 1.55. The molecule has 23 heavy (non-hydrogen) atoms. The maximum Gasteiger partial charge on any atom is 0.248 e. The van der Waals surface area contributed by atoms with E-state index in [-0.39, 0.29) is 5.91 Å². The third-order valence-electron chi connectivity index (χ3n) is 4.88. The SMILES string of the molecule is NC(=O)c1ccccc1C1CCC(CNc2ccccc2)CC1. The van der Waals surface area contributed by atoms with Gasteiger partial charge < -0.3 is 11.1 Å². The molecule has 3 nitrogen and oxygen atoms in total. The Kier molecular flexibility index (Phi) is 4.96. The summed E-state index contributed by atoms with van der Waals surface area (Å²) >= 11 is 0. The van der Waals surface area contributed by atoms with Gasteiger partial charge in [0.15, 0.2) is 0 Å². The van der Waals surface area contributed by atoms with Crippen molar-refractivity contribution in [3.63, 3.8) is 0 Å². The minimum absolute atomic E-state index is 0.312. The Morgan fingerprint density at radius 1 is 0.957 bits per heavy atom. The molecule has 2 aromatic rings. The predicted octanol–water partition coefficient (Wildman–Crippen LogP) is 4.17. The van der Waals surface area contributed by atoms with Crippen molar-refractivity contribution in [2.75, 3.05) is 11.9 Å². The minimum Gasteiger partial charge on any atom is -0.385 e. The number of para-hydroxylation sites is 1. The Morgan fingerprint density at radius 3 is 2.30 bits per heavy atom. The molecule has 0 aliphatic heterocycles. The van der Waals surface area contributed by atoms with E-state index in [1.165, 1.54) is 18.5 Å². The van der Waals surface area contributed by atoms with Crippen molar-refractivity contribution in [1.82, 2.24) is 0 Å². The summed E-state index contributed by atoms with van der Waals surface area (Å²) in [6, 6.07) is 18.2. The second-order valence-electron chi connectivity index (χ2n) is 6.42. The molecule has 3 N–H and O–H groups in total. The molecule has 1 aliphatic carbocycles. The molecule has 0 aromatic heterocycles. The van der Waals surface area contributed by atoms with Gasteiger partial charge in [0.25, 0.3) is 0 Å². The lowest BCUT2D eigenvalue weighted by molar-refractivity contribution is 0.0998. The van der Waals surface area contributed by atoms with E-state index in [9.17, 15) is 4.79 Å². The van der Waals surface area contributed by atoms with Crippen LogP contribution in [0.1, 0.15) is 47.5 Å². The number of hydrogen-bond donors (Lipinski definition) is 2. The molecule has 1 fully saturated rings. The molecule has 3 rings (SSSR count). The molecular weight excluding hydrogens is 284 g/mol. The molecule has 120 valence electrons. The van der Waals surface area contributed by atoms with Gasteiger partial charge in [0.05, 0.1) is 0 Å². The molecule has 1 amide bonds. The van der Waals surface area contributed by atoms with E-state index in [1.54, 1.807) is 0 Å². The average molecular weight is 308 g/mol. The van der Waals surface area contributed by atoms with Gasteiger partial charge in [-0.2, -0.15) is 0 Å². The highest BCUT2D eigenvalue weighted by Crippen LogP contribution is 2.37. The quantitative estimate of drug-likeness (QED) is 0.871. The number of carbonyl (C=O) groups excluding carboxylic acids is 1. The number of anilines is 1. The predicted molar refractivity (Wildman–Crippen MR) is 94.6 cm³/mol. The molecule has 1 saturated carbocycles. The Hall–Kier alpha value is -2.29. The average Bonchev–Trinajstić information content (AvgIpc) is 2.61. The molecule has 0 heterocycles. The second-order valence-corrected chi connectivity index (χ2v) is 6.42. The third kappa shape index (κ3) is 3.92. The van der Waals surface area contributed by atoms with E-state index in [4.69, 9.17) is 5.73 Å². The van der Waals surface area contributed by atoms with Crippen LogP contribution < -0.4 is 11.1 Å². The number of benzene rings is 2. The van der Waals surface area contributed by atoms with Crippen molar-refractivity contribution < 1.29 is 4.79 Å². The Bertz CT molecular complexity index is 646. The topological polar surface area (TPSA) is 55.1 Å². The Morgan fingerprint density at radius 2 is 1.61 bits per heavy atom. The highest BCUT2D eigenvalue weighted by molar-refractivity contribution is 5.94. The van der Waals surface area contributed by atoms with Crippen molar-refractivity contribution in [3.05, 3.63) is 65.7 Å². The van der Waals surface area contributed by atoms with Gasteiger partial charge in [0.2, 0.25) is 5.91 Å². The van der Waals surface area contributed by atoms with E-state index in [0.29, 0.717) is 17.4 Å². The summed E-state index contributed by atoms with van der Waals surface area (Å²) in [5.41, 5.74) is 8.53. The number of hydrogen-bond acceptors (Lipinski definition) is 2. The molecule has 3 heteroatoms. The highest BCUT2D eigenvalue weighted by atomic mass is 16.1. The molecule has 0 spiro atoms. The first-order chi connectivity index (χ1) is 11.2. The largest absolute Gasteiger partial charge is 0.385 e. The summed E-state index contributed by atoms with van der Waals surface area (Å²) in [7, 11) is 0. The third-order valence-corrected chi connectivity index (χ3v) is 4.88. The maximum atomic E-state index is 11.6. The van der Waals surface area contributed by atoms with Gasteiger partial charge in [0, 0.05) is 17.8 Å². The summed E-state index contributed by atoms with van der Waals surface area (Å²) in [4.78, 5) is 11.6. The van der Waals surface area contributed by atoms with Crippen molar-refractivity contribution in [3.8, 4) is 0 Å². The minimum atomic E-state index is -0.312. The normalized spacial score (nSPS) is 20.9. The van der Waals surface area contributed by atoms with Gasteiger partial charge in [-0.25, -0.2) is 0 Å². The molecular formula is C20H24N2O. The number of amides is 1. The van der Waals surface area contributed by atoms with Crippen LogP contribution in [0.3, 0.4) is 0 Å². The van der Waals surface area contributed by atoms with Crippen molar-refractivity contribution in [1.29, 1.82) is 0 Å². The van der Waals surface area contributed by atoms with Crippen molar-refractivity contribution in [2.45, 2.75) is 31.6 Å². The molecule has 0 unspecified atom stereocenters. The first-order valence-corrected chi connectivity index (χ1v) is 8.41. The summed E-state index contributed by atoms with van der Waals surface area (Å²) in [6.07, 6.45) is 4.64. The molecule has 1 aliphatic rings. The molecule has 0 saturated heterocycles. The summed E-state index contributed by atoms with van der Waals surface area (Å²) in [5.74, 6) is 0.854. The molecule has 0 atom stereocenters. The summed E-state index contributed by atoms with van der Waals surface area (Å²) < 4.78 is 0. The van der Waals surface area contributed by atoms with Crippen LogP contribution in [0.5, 0.6) is 0 Å². The molecule has 0 radical (unpaired) electrons. The smallest absolute Gasteiger partial charge is 0.248 e. The Labute approximate surface area is 137 Å². The van der Waals surface area contributed by atoms with Crippen LogP contribution >= 0.6 is 0 Å². The summed E-state index contributed by atoms with van der Waals surface area (Å²) in [5, 5.41) is 3.52. The van der Waals surface area contributed by atoms with Crippen molar-refractivity contribution >= 4 is 11.6 Å². The van der Waals surface area contributed by atoms with Crippen LogP contribution in [0, 0.1) is 5.92 Å². The molecule has 2 aromatic carbocycles. The monoisotopic (exact) mass is 308 g/mol. The first-order valence-electron chi connectivity index (χ1n) is 8.41. The second kappa shape index (κ2) is 7.32. The highest BCUT2D eigenvalue weighted by Gasteiger charge is 2.24. The zero-order valence-electron chi connectivity index (χ0n) is 13.4. The molecule has 0 bridgehead atoms. The van der Waals surface area contributed by atoms with Gasteiger partial charge in [-0.05, 0) is 61.3 Å². The fraction of sp³-hybridized carbons (Fsp3) is 0.350. The maximum absolute atomic E-state index is 11.6. The number of nitrogens with one attached hydrogen (secondary N) is 1. The number of primary amides is 1. The van der Waals surface area contributed by atoms with E-state index < -0.39 is 0 Å². The summed E-state index contributed by atoms with van der Waals surface area (Å²) in [6.45, 7) is 1.02. The van der Waals surface area contributed by atoms with E-state index in [0.717, 1.165) is 24.9 Å². The van der Waals surface area contributed by atoms with Gasteiger partial charge in [-0.1, -0.05) is 36.4 Å². The van der Waals surface area contributed by atoms with Crippen molar-refractivity contribution in [2.24, 2.45) is 11.7 Å². The van der Waals surface area contributed by atoms with Gasteiger partial charge in [-0.3, -0.25) is 4.79 Å². The van der Waals surface area contributed by atoms with Crippen LogP contribution in [0.25, 0.3) is 0 Å².